The largest absolute Gasteiger partial charge is 0.365 e. The third-order valence-electron chi connectivity index (χ3n) is 4.70. The number of amides is 1. The second kappa shape index (κ2) is 8.41. The van der Waals surface area contributed by atoms with E-state index in [9.17, 15) is 4.79 Å². The smallest absolute Gasteiger partial charge is 0.251 e. The number of thiophene rings is 1. The van der Waals surface area contributed by atoms with Crippen molar-refractivity contribution in [1.82, 2.24) is 15.3 Å². The fourth-order valence-electron chi connectivity index (χ4n) is 3.07. The fraction of sp³-hybridized carbons (Fsp3) is 0.174. The van der Waals surface area contributed by atoms with E-state index in [0.717, 1.165) is 27.2 Å². The van der Waals surface area contributed by atoms with Crippen LogP contribution >= 0.6 is 11.3 Å². The molecule has 6 heteroatoms. The molecule has 0 radical (unpaired) electrons. The Kier molecular flexibility index (Phi) is 5.53. The van der Waals surface area contributed by atoms with Gasteiger partial charge in [-0.1, -0.05) is 42.0 Å². The summed E-state index contributed by atoms with van der Waals surface area (Å²) in [7, 11) is 0. The minimum absolute atomic E-state index is 0.0728. The Labute approximate surface area is 173 Å². The normalized spacial score (nSPS) is 10.8. The van der Waals surface area contributed by atoms with E-state index in [4.69, 9.17) is 0 Å². The van der Waals surface area contributed by atoms with Gasteiger partial charge in [0.05, 0.1) is 5.39 Å². The summed E-state index contributed by atoms with van der Waals surface area (Å²) in [5.74, 6) is 0.760. The molecule has 146 valence electrons. The van der Waals surface area contributed by atoms with Gasteiger partial charge in [0.15, 0.2) is 0 Å². The van der Waals surface area contributed by atoms with Gasteiger partial charge in [0, 0.05) is 23.5 Å². The van der Waals surface area contributed by atoms with Crippen LogP contribution in [0.1, 0.15) is 31.9 Å². The van der Waals surface area contributed by atoms with Gasteiger partial charge in [-0.3, -0.25) is 4.79 Å². The maximum atomic E-state index is 12.4. The third-order valence-corrected chi connectivity index (χ3v) is 5.66. The summed E-state index contributed by atoms with van der Waals surface area (Å²) in [4.78, 5) is 23.3. The maximum absolute atomic E-state index is 12.4. The second-order valence-corrected chi connectivity index (χ2v) is 8.25. The van der Waals surface area contributed by atoms with Gasteiger partial charge in [0.25, 0.3) is 5.91 Å². The highest BCUT2D eigenvalue weighted by atomic mass is 32.1. The molecule has 5 nitrogen and oxygen atoms in total. The van der Waals surface area contributed by atoms with E-state index in [1.165, 1.54) is 10.4 Å². The molecule has 4 aromatic rings. The van der Waals surface area contributed by atoms with Crippen LogP contribution in [0.3, 0.4) is 0 Å². The number of hydrogen-bond acceptors (Lipinski definition) is 5. The second-order valence-electron chi connectivity index (χ2n) is 7.02. The zero-order valence-electron chi connectivity index (χ0n) is 16.4. The van der Waals surface area contributed by atoms with Crippen molar-refractivity contribution in [2.45, 2.75) is 26.9 Å². The number of hydrogen-bond donors (Lipinski definition) is 2. The molecule has 1 amide bonds. The molecule has 0 atom stereocenters. The molecule has 0 fully saturated rings. The highest BCUT2D eigenvalue weighted by molar-refractivity contribution is 7.18. The molecule has 0 aliphatic heterocycles. The lowest BCUT2D eigenvalue weighted by atomic mass is 10.1. The van der Waals surface area contributed by atoms with Crippen LogP contribution in [0.2, 0.25) is 0 Å². The molecule has 4 rings (SSSR count). The monoisotopic (exact) mass is 402 g/mol. The van der Waals surface area contributed by atoms with E-state index < -0.39 is 0 Å². The van der Waals surface area contributed by atoms with Crippen molar-refractivity contribution in [3.05, 3.63) is 88.1 Å². The number of aryl methyl sites for hydroxylation is 2. The molecule has 0 aliphatic carbocycles. The molecule has 2 aromatic heterocycles. The van der Waals surface area contributed by atoms with Crippen LogP contribution in [0.4, 0.5) is 5.82 Å². The van der Waals surface area contributed by atoms with Gasteiger partial charge < -0.3 is 10.6 Å². The number of carbonyl (C=O) groups excluding carboxylic acids is 1. The van der Waals surface area contributed by atoms with Gasteiger partial charge in [-0.15, -0.1) is 11.3 Å². The average molecular weight is 403 g/mol. The van der Waals surface area contributed by atoms with E-state index in [1.54, 1.807) is 17.7 Å². The molecule has 0 saturated carbocycles. The molecular formula is C23H22N4OS. The minimum atomic E-state index is -0.0728. The molecule has 29 heavy (non-hydrogen) atoms. The predicted octanol–water partition coefficient (Wildman–Crippen LogP) is 4.85. The Hall–Kier alpha value is -3.25. The Morgan fingerprint density at radius 3 is 2.38 bits per heavy atom. The number of nitrogens with one attached hydrogen (secondary N) is 2. The van der Waals surface area contributed by atoms with Gasteiger partial charge in [-0.25, -0.2) is 9.97 Å². The maximum Gasteiger partial charge on any atom is 0.251 e. The number of rotatable bonds is 6. The third kappa shape index (κ3) is 4.60. The molecule has 0 unspecified atom stereocenters. The SMILES string of the molecule is Cc1ccc(CNC(=O)c2ccc(CNc3ncnc4sc(C)cc34)cc2)cc1. The van der Waals surface area contributed by atoms with Gasteiger partial charge >= 0.3 is 0 Å². The van der Waals surface area contributed by atoms with Crippen molar-refractivity contribution in [1.29, 1.82) is 0 Å². The lowest BCUT2D eigenvalue weighted by Crippen LogP contribution is -2.22. The lowest BCUT2D eigenvalue weighted by Gasteiger charge is -2.08. The van der Waals surface area contributed by atoms with Crippen molar-refractivity contribution >= 4 is 33.3 Å². The summed E-state index contributed by atoms with van der Waals surface area (Å²) in [5, 5.41) is 7.38. The molecule has 2 N–H and O–H groups in total. The van der Waals surface area contributed by atoms with E-state index in [-0.39, 0.29) is 5.91 Å². The molecule has 0 spiro atoms. The number of anilines is 1. The number of fused-ring (bicyclic) bond motifs is 1. The van der Waals surface area contributed by atoms with Gasteiger partial charge in [0.1, 0.15) is 17.0 Å². The van der Waals surface area contributed by atoms with E-state index in [2.05, 4.69) is 33.6 Å². The number of benzene rings is 2. The van der Waals surface area contributed by atoms with Crippen molar-refractivity contribution in [3.63, 3.8) is 0 Å². The quantitative estimate of drug-likeness (QED) is 0.484. The minimum Gasteiger partial charge on any atom is -0.365 e. The van der Waals surface area contributed by atoms with Crippen LogP contribution in [0, 0.1) is 13.8 Å². The topological polar surface area (TPSA) is 66.9 Å². The van der Waals surface area contributed by atoms with Crippen molar-refractivity contribution < 1.29 is 4.79 Å². The molecule has 2 aromatic carbocycles. The summed E-state index contributed by atoms with van der Waals surface area (Å²) in [5.41, 5.74) is 4.03. The highest BCUT2D eigenvalue weighted by Crippen LogP contribution is 2.27. The summed E-state index contributed by atoms with van der Waals surface area (Å²) < 4.78 is 0. The summed E-state index contributed by atoms with van der Waals surface area (Å²) in [6.45, 7) is 5.27. The van der Waals surface area contributed by atoms with Crippen LogP contribution < -0.4 is 10.6 Å². The summed E-state index contributed by atoms with van der Waals surface area (Å²) >= 11 is 1.66. The Balaban J connectivity index is 1.36. The van der Waals surface area contributed by atoms with Gasteiger partial charge in [-0.05, 0) is 43.2 Å². The summed E-state index contributed by atoms with van der Waals surface area (Å²) in [6.07, 6.45) is 1.59. The predicted molar refractivity (Wildman–Crippen MR) is 118 cm³/mol. The molecule has 2 heterocycles. The Morgan fingerprint density at radius 1 is 0.931 bits per heavy atom. The first-order valence-corrected chi connectivity index (χ1v) is 10.3. The first-order valence-electron chi connectivity index (χ1n) is 9.46. The van der Waals surface area contributed by atoms with Crippen LogP contribution in [0.25, 0.3) is 10.2 Å². The lowest BCUT2D eigenvalue weighted by molar-refractivity contribution is 0.0951. The molecule has 0 bridgehead atoms. The zero-order chi connectivity index (χ0) is 20.2. The van der Waals surface area contributed by atoms with E-state index >= 15 is 0 Å². The Morgan fingerprint density at radius 2 is 1.62 bits per heavy atom. The molecular weight excluding hydrogens is 380 g/mol. The van der Waals surface area contributed by atoms with Crippen molar-refractivity contribution in [2.24, 2.45) is 0 Å². The van der Waals surface area contributed by atoms with Crippen molar-refractivity contribution in [3.8, 4) is 0 Å². The van der Waals surface area contributed by atoms with Crippen LogP contribution in [-0.4, -0.2) is 15.9 Å². The van der Waals surface area contributed by atoms with Crippen molar-refractivity contribution in [2.75, 3.05) is 5.32 Å². The van der Waals surface area contributed by atoms with Crippen LogP contribution in [0.15, 0.2) is 60.9 Å². The standard InChI is InChI=1S/C23H22N4OS/c1-15-3-5-17(6-4-15)13-25-22(28)19-9-7-18(8-10-19)12-24-21-20-11-16(2)29-23(20)27-14-26-21/h3-11,14H,12-13H2,1-2H3,(H,25,28)(H,24,26,27). The van der Waals surface area contributed by atoms with Crippen LogP contribution in [0.5, 0.6) is 0 Å². The van der Waals surface area contributed by atoms with E-state index in [0.29, 0.717) is 18.7 Å². The number of aromatic nitrogens is 2. The zero-order valence-corrected chi connectivity index (χ0v) is 17.2. The molecule has 0 aliphatic rings. The highest BCUT2D eigenvalue weighted by Gasteiger charge is 2.08. The molecule has 0 saturated heterocycles. The van der Waals surface area contributed by atoms with E-state index in [1.807, 2.05) is 55.5 Å². The average Bonchev–Trinajstić information content (AvgIpc) is 3.13. The fourth-order valence-corrected chi connectivity index (χ4v) is 3.91. The van der Waals surface area contributed by atoms with Gasteiger partial charge in [0.2, 0.25) is 0 Å². The van der Waals surface area contributed by atoms with Crippen LogP contribution in [-0.2, 0) is 13.1 Å². The number of nitrogens with zero attached hydrogens (tertiary/aromatic N) is 2. The number of carbonyl (C=O) groups is 1. The first kappa shape index (κ1) is 19.1. The van der Waals surface area contributed by atoms with Gasteiger partial charge in [-0.2, -0.15) is 0 Å². The Bertz CT molecular complexity index is 1130. The first-order chi connectivity index (χ1) is 14.1. The summed E-state index contributed by atoms with van der Waals surface area (Å²) in [6, 6.07) is 17.9.